The van der Waals surface area contributed by atoms with Crippen LogP contribution in [0.4, 0.5) is 17.6 Å². The monoisotopic (exact) mass is 478 g/mol. The highest BCUT2D eigenvalue weighted by atomic mass is 19.1. The summed E-state index contributed by atoms with van der Waals surface area (Å²) in [4.78, 5) is 24.4. The zero-order valence-electron chi connectivity index (χ0n) is 18.0. The Labute approximate surface area is 191 Å². The van der Waals surface area contributed by atoms with Crippen molar-refractivity contribution in [1.29, 1.82) is 0 Å². The van der Waals surface area contributed by atoms with Gasteiger partial charge in [0.05, 0.1) is 13.2 Å². The molecular weight excluding hydrogens is 460 g/mol. The molecule has 0 saturated heterocycles. The van der Waals surface area contributed by atoms with E-state index in [-0.39, 0.29) is 36.2 Å². The Kier molecular flexibility index (Phi) is 7.72. The number of esters is 2. The van der Waals surface area contributed by atoms with Crippen LogP contribution in [0.5, 0.6) is 23.0 Å². The molecule has 0 aromatic heterocycles. The highest BCUT2D eigenvalue weighted by Crippen LogP contribution is 2.26. The van der Waals surface area contributed by atoms with Crippen molar-refractivity contribution in [1.82, 2.24) is 0 Å². The molecule has 0 radical (unpaired) electrons. The second-order valence-electron chi connectivity index (χ2n) is 6.64. The van der Waals surface area contributed by atoms with Gasteiger partial charge in [0.2, 0.25) is 0 Å². The van der Waals surface area contributed by atoms with Crippen molar-refractivity contribution < 1.29 is 46.1 Å². The number of carbonyl (C=O) groups excluding carboxylic acids is 2. The van der Waals surface area contributed by atoms with Crippen molar-refractivity contribution >= 4 is 11.9 Å². The van der Waals surface area contributed by atoms with E-state index in [1.807, 2.05) is 0 Å². The summed E-state index contributed by atoms with van der Waals surface area (Å²) in [7, 11) is 0. The molecule has 0 aliphatic heterocycles. The van der Waals surface area contributed by atoms with E-state index >= 15 is 0 Å². The van der Waals surface area contributed by atoms with Crippen LogP contribution in [0.15, 0.2) is 48.5 Å². The summed E-state index contributed by atoms with van der Waals surface area (Å²) in [6.45, 7) is 3.61. The fraction of sp³-hybridized carbons (Fsp3) is 0.167. The summed E-state index contributed by atoms with van der Waals surface area (Å²) in [6, 6.07) is 8.06. The van der Waals surface area contributed by atoms with E-state index < -0.39 is 46.3 Å². The molecular formula is C24H18F4O6. The van der Waals surface area contributed by atoms with Crippen LogP contribution >= 0.6 is 0 Å². The second kappa shape index (κ2) is 10.7. The van der Waals surface area contributed by atoms with Gasteiger partial charge in [-0.05, 0) is 38.1 Å². The Hall–Kier alpha value is -4.08. The van der Waals surface area contributed by atoms with E-state index in [0.717, 1.165) is 48.5 Å². The van der Waals surface area contributed by atoms with Gasteiger partial charge >= 0.3 is 11.9 Å². The lowest BCUT2D eigenvalue weighted by Gasteiger charge is -2.10. The summed E-state index contributed by atoms with van der Waals surface area (Å²) in [5, 5.41) is 0. The maximum atomic E-state index is 14.1. The molecule has 0 N–H and O–H groups in total. The van der Waals surface area contributed by atoms with Gasteiger partial charge in [-0.25, -0.2) is 27.2 Å². The molecule has 0 saturated carbocycles. The van der Waals surface area contributed by atoms with Gasteiger partial charge in [-0.15, -0.1) is 0 Å². The van der Waals surface area contributed by atoms with Crippen LogP contribution in [0.25, 0.3) is 0 Å². The quantitative estimate of drug-likeness (QED) is 0.243. The maximum absolute atomic E-state index is 14.1. The van der Waals surface area contributed by atoms with Crippen molar-refractivity contribution in [3.05, 3.63) is 82.9 Å². The van der Waals surface area contributed by atoms with Crippen LogP contribution in [-0.4, -0.2) is 25.2 Å². The minimum absolute atomic E-state index is 0.0828. The minimum Gasteiger partial charge on any atom is -0.494 e. The van der Waals surface area contributed by atoms with Gasteiger partial charge in [-0.3, -0.25) is 0 Å². The highest BCUT2D eigenvalue weighted by Gasteiger charge is 2.23. The molecule has 0 heterocycles. The smallest absolute Gasteiger partial charge is 0.349 e. The predicted molar refractivity (Wildman–Crippen MR) is 111 cm³/mol. The Morgan fingerprint density at radius 3 is 1.15 bits per heavy atom. The summed E-state index contributed by atoms with van der Waals surface area (Å²) >= 11 is 0. The molecule has 0 fully saturated rings. The van der Waals surface area contributed by atoms with E-state index in [0.29, 0.717) is 0 Å². The van der Waals surface area contributed by atoms with Gasteiger partial charge in [0.25, 0.3) is 0 Å². The van der Waals surface area contributed by atoms with Crippen LogP contribution in [0, 0.1) is 23.3 Å². The molecule has 0 atom stereocenters. The first-order valence-corrected chi connectivity index (χ1v) is 10.0. The number of rotatable bonds is 8. The van der Waals surface area contributed by atoms with Crippen LogP contribution < -0.4 is 18.9 Å². The van der Waals surface area contributed by atoms with Gasteiger partial charge in [-0.1, -0.05) is 0 Å². The summed E-state index contributed by atoms with van der Waals surface area (Å²) in [5.74, 6) is -7.70. The molecule has 3 aromatic rings. The third-order valence-corrected chi connectivity index (χ3v) is 4.31. The number of benzene rings is 3. The van der Waals surface area contributed by atoms with Crippen molar-refractivity contribution in [2.75, 3.05) is 13.2 Å². The standard InChI is InChI=1S/C24H18F4O6/c1-3-31-15-9-17(25)21(18(26)10-15)23(29)33-13-5-7-14(8-6-13)34-24(30)22-19(27)11-16(32-4-2)12-20(22)28/h5-12H,3-4H2,1-2H3. The largest absolute Gasteiger partial charge is 0.494 e. The molecule has 34 heavy (non-hydrogen) atoms. The Bertz CT molecular complexity index is 1070. The average Bonchev–Trinajstić information content (AvgIpc) is 2.74. The van der Waals surface area contributed by atoms with E-state index in [9.17, 15) is 27.2 Å². The molecule has 0 spiro atoms. The molecule has 3 rings (SSSR count). The number of halogens is 4. The molecule has 3 aromatic carbocycles. The molecule has 0 bridgehead atoms. The van der Waals surface area contributed by atoms with Crippen molar-refractivity contribution in [2.24, 2.45) is 0 Å². The summed E-state index contributed by atoms with van der Waals surface area (Å²) in [6.07, 6.45) is 0. The molecule has 6 nitrogen and oxygen atoms in total. The SMILES string of the molecule is CCOc1cc(F)c(C(=O)Oc2ccc(OC(=O)c3c(F)cc(OCC)cc3F)cc2)c(F)c1. The van der Waals surface area contributed by atoms with E-state index in [2.05, 4.69) is 0 Å². The zero-order valence-corrected chi connectivity index (χ0v) is 18.0. The van der Waals surface area contributed by atoms with Crippen molar-refractivity contribution in [3.63, 3.8) is 0 Å². The number of hydrogen-bond acceptors (Lipinski definition) is 6. The first kappa shape index (κ1) is 24.6. The zero-order chi connectivity index (χ0) is 24.8. The fourth-order valence-corrected chi connectivity index (χ4v) is 2.88. The lowest BCUT2D eigenvalue weighted by atomic mass is 10.2. The molecule has 0 aliphatic carbocycles. The van der Waals surface area contributed by atoms with Gasteiger partial charge in [0, 0.05) is 24.3 Å². The highest BCUT2D eigenvalue weighted by molar-refractivity contribution is 5.92. The molecule has 0 amide bonds. The van der Waals surface area contributed by atoms with Gasteiger partial charge in [0.1, 0.15) is 57.4 Å². The predicted octanol–water partition coefficient (Wildman–Crippen LogP) is 5.48. The van der Waals surface area contributed by atoms with Crippen LogP contribution in [0.1, 0.15) is 34.6 Å². The topological polar surface area (TPSA) is 71.1 Å². The second-order valence-corrected chi connectivity index (χ2v) is 6.64. The van der Waals surface area contributed by atoms with E-state index in [1.54, 1.807) is 13.8 Å². The minimum atomic E-state index is -1.30. The maximum Gasteiger partial charge on any atom is 0.349 e. The number of hydrogen-bond donors (Lipinski definition) is 0. The Morgan fingerprint density at radius 2 is 0.882 bits per heavy atom. The Balaban J connectivity index is 1.70. The number of carbonyl (C=O) groups is 2. The van der Waals surface area contributed by atoms with Crippen LogP contribution in [-0.2, 0) is 0 Å². The third kappa shape index (κ3) is 5.64. The lowest BCUT2D eigenvalue weighted by molar-refractivity contribution is 0.0708. The first-order chi connectivity index (χ1) is 16.2. The number of ether oxygens (including phenoxy) is 4. The first-order valence-electron chi connectivity index (χ1n) is 10.0. The molecule has 0 unspecified atom stereocenters. The lowest BCUT2D eigenvalue weighted by Crippen LogP contribution is -2.14. The van der Waals surface area contributed by atoms with Crippen LogP contribution in [0.2, 0.25) is 0 Å². The Morgan fingerprint density at radius 1 is 0.588 bits per heavy atom. The van der Waals surface area contributed by atoms with Crippen molar-refractivity contribution in [3.8, 4) is 23.0 Å². The van der Waals surface area contributed by atoms with E-state index in [4.69, 9.17) is 18.9 Å². The summed E-state index contributed by atoms with van der Waals surface area (Å²) < 4.78 is 76.5. The van der Waals surface area contributed by atoms with Gasteiger partial charge in [0.15, 0.2) is 0 Å². The van der Waals surface area contributed by atoms with Crippen molar-refractivity contribution in [2.45, 2.75) is 13.8 Å². The summed E-state index contributed by atoms with van der Waals surface area (Å²) in [5.41, 5.74) is -1.83. The van der Waals surface area contributed by atoms with Crippen LogP contribution in [0.3, 0.4) is 0 Å². The normalized spacial score (nSPS) is 10.5. The third-order valence-electron chi connectivity index (χ3n) is 4.31. The average molecular weight is 478 g/mol. The van der Waals surface area contributed by atoms with E-state index in [1.165, 1.54) is 0 Å². The molecule has 0 aliphatic rings. The fourth-order valence-electron chi connectivity index (χ4n) is 2.88. The molecule has 10 heteroatoms. The van der Waals surface area contributed by atoms with Gasteiger partial charge in [-0.2, -0.15) is 0 Å². The van der Waals surface area contributed by atoms with Gasteiger partial charge < -0.3 is 18.9 Å². The molecule has 178 valence electrons.